The lowest BCUT2D eigenvalue weighted by Crippen LogP contribution is -2.39. The van der Waals surface area contributed by atoms with Gasteiger partial charge >= 0.3 is 11.8 Å². The average Bonchev–Trinajstić information content (AvgIpc) is 3.14. The molecule has 6 nitrogen and oxygen atoms in total. The molecule has 1 aliphatic carbocycles. The largest absolute Gasteiger partial charge is 0.316 e. The maximum atomic E-state index is 13.4. The van der Waals surface area contributed by atoms with E-state index >= 15 is 0 Å². The Bertz CT molecular complexity index is 1140. The number of hydrogen-bond acceptors (Lipinski definition) is 3. The lowest BCUT2D eigenvalue weighted by Gasteiger charge is -2.17. The summed E-state index contributed by atoms with van der Waals surface area (Å²) in [5.74, 6) is -0.340. The van der Waals surface area contributed by atoms with Crippen LogP contribution in [0.15, 0.2) is 54.6 Å². The fraction of sp³-hybridized carbons (Fsp3) is 0.261. The number of hydrogen-bond donors (Lipinski definition) is 1. The normalized spacial score (nSPS) is 19.5. The van der Waals surface area contributed by atoms with Crippen LogP contribution in [0.3, 0.4) is 0 Å². The fourth-order valence-corrected chi connectivity index (χ4v) is 4.04. The lowest BCUT2D eigenvalue weighted by molar-refractivity contribution is -0.134. The number of benzene rings is 2. The highest BCUT2D eigenvalue weighted by Gasteiger charge is 2.37. The molecule has 7 heteroatoms. The molecule has 0 spiro atoms. The minimum absolute atomic E-state index is 0.346. The molecule has 2 aromatic carbocycles. The number of anilines is 2. The van der Waals surface area contributed by atoms with Crippen LogP contribution in [0.1, 0.15) is 30.5 Å². The molecule has 0 radical (unpaired) electrons. The Balaban J connectivity index is 1.41. The van der Waals surface area contributed by atoms with Crippen LogP contribution in [0.25, 0.3) is 5.69 Å². The summed E-state index contributed by atoms with van der Waals surface area (Å²) in [5.41, 5.74) is 3.04. The third kappa shape index (κ3) is 3.26. The Hall–Kier alpha value is -3.48. The Kier molecular flexibility index (Phi) is 4.38. The van der Waals surface area contributed by atoms with Gasteiger partial charge in [-0.15, -0.1) is 0 Å². The summed E-state index contributed by atoms with van der Waals surface area (Å²) < 4.78 is 15.1. The number of carbonyl (C=O) groups excluding carboxylic acids is 2. The number of aromatic nitrogens is 2. The molecule has 1 N–H and O–H groups in total. The van der Waals surface area contributed by atoms with Gasteiger partial charge in [-0.05, 0) is 54.7 Å². The van der Waals surface area contributed by atoms with Gasteiger partial charge in [-0.25, -0.2) is 9.07 Å². The third-order valence-electron chi connectivity index (χ3n) is 5.84. The maximum absolute atomic E-state index is 13.4. The van der Waals surface area contributed by atoms with Crippen LogP contribution >= 0.6 is 0 Å². The smallest absolute Gasteiger partial charge is 0.304 e. The molecule has 1 fully saturated rings. The molecule has 5 rings (SSSR count). The van der Waals surface area contributed by atoms with Crippen LogP contribution < -0.4 is 10.2 Å². The van der Waals surface area contributed by atoms with Crippen LogP contribution in [-0.2, 0) is 16.0 Å². The van der Waals surface area contributed by atoms with E-state index in [0.29, 0.717) is 36.3 Å². The second-order valence-electron chi connectivity index (χ2n) is 7.96. The lowest BCUT2D eigenvalue weighted by atomic mass is 10.2. The molecule has 1 aliphatic heterocycles. The van der Waals surface area contributed by atoms with Crippen LogP contribution in [0.5, 0.6) is 0 Å². The van der Waals surface area contributed by atoms with E-state index in [-0.39, 0.29) is 5.82 Å². The first-order valence-electron chi connectivity index (χ1n) is 10.1. The third-order valence-corrected chi connectivity index (χ3v) is 5.84. The molecule has 0 saturated heterocycles. The van der Waals surface area contributed by atoms with E-state index in [1.54, 1.807) is 10.7 Å². The summed E-state index contributed by atoms with van der Waals surface area (Å²) >= 11 is 0. The minimum Gasteiger partial charge on any atom is -0.304 e. The van der Waals surface area contributed by atoms with Crippen molar-refractivity contribution in [1.82, 2.24) is 9.78 Å². The van der Waals surface area contributed by atoms with Crippen molar-refractivity contribution in [2.75, 3.05) is 16.8 Å². The Morgan fingerprint density at radius 2 is 1.90 bits per heavy atom. The number of amides is 2. The monoisotopic (exact) mass is 404 g/mol. The van der Waals surface area contributed by atoms with Gasteiger partial charge in [0.1, 0.15) is 11.6 Å². The number of fused-ring (bicyclic) bond motifs is 1. The number of halogens is 1. The molecule has 1 saturated carbocycles. The second kappa shape index (κ2) is 7.09. The van der Waals surface area contributed by atoms with Gasteiger partial charge in [0.25, 0.3) is 0 Å². The zero-order chi connectivity index (χ0) is 20.8. The van der Waals surface area contributed by atoms with E-state index < -0.39 is 11.8 Å². The molecule has 2 aliphatic rings. The van der Waals surface area contributed by atoms with Gasteiger partial charge in [-0.3, -0.25) is 9.59 Å². The van der Waals surface area contributed by atoms with Gasteiger partial charge in [-0.1, -0.05) is 25.1 Å². The molecule has 3 aromatic rings. The zero-order valence-corrected chi connectivity index (χ0v) is 16.5. The van der Waals surface area contributed by atoms with Crippen molar-refractivity contribution in [3.8, 4) is 5.69 Å². The van der Waals surface area contributed by atoms with E-state index in [0.717, 1.165) is 23.4 Å². The number of rotatable bonds is 3. The molecular formula is C23H21FN4O2. The summed E-state index contributed by atoms with van der Waals surface area (Å²) in [6.07, 6.45) is 1.59. The molecule has 0 bridgehead atoms. The highest BCUT2D eigenvalue weighted by molar-refractivity contribution is 6.44. The van der Waals surface area contributed by atoms with Crippen molar-refractivity contribution in [2.24, 2.45) is 5.92 Å². The van der Waals surface area contributed by atoms with Crippen molar-refractivity contribution in [3.05, 3.63) is 71.7 Å². The van der Waals surface area contributed by atoms with Gasteiger partial charge in [0.2, 0.25) is 0 Å². The maximum Gasteiger partial charge on any atom is 0.316 e. The molecule has 2 amide bonds. The average molecular weight is 404 g/mol. The highest BCUT2D eigenvalue weighted by atomic mass is 19.1. The van der Waals surface area contributed by atoms with Crippen molar-refractivity contribution < 1.29 is 14.0 Å². The van der Waals surface area contributed by atoms with Gasteiger partial charge < -0.3 is 10.2 Å². The summed E-state index contributed by atoms with van der Waals surface area (Å²) in [4.78, 5) is 27.0. The van der Waals surface area contributed by atoms with Crippen LogP contribution in [0.4, 0.5) is 15.9 Å². The zero-order valence-electron chi connectivity index (χ0n) is 16.5. The minimum atomic E-state index is -0.736. The van der Waals surface area contributed by atoms with Crippen LogP contribution in [-0.4, -0.2) is 28.1 Å². The van der Waals surface area contributed by atoms with Crippen molar-refractivity contribution in [3.63, 3.8) is 0 Å². The summed E-state index contributed by atoms with van der Waals surface area (Å²) in [7, 11) is 0. The summed E-state index contributed by atoms with van der Waals surface area (Å²) in [6.45, 7) is 2.52. The Morgan fingerprint density at radius 1 is 1.13 bits per heavy atom. The number of carbonyl (C=O) groups is 2. The molecule has 1 aromatic heterocycles. The highest BCUT2D eigenvalue weighted by Crippen LogP contribution is 2.47. The predicted octanol–water partition coefficient (Wildman–Crippen LogP) is 3.66. The molecule has 2 heterocycles. The first-order chi connectivity index (χ1) is 14.5. The molecular weight excluding hydrogens is 383 g/mol. The van der Waals surface area contributed by atoms with Crippen LogP contribution in [0, 0.1) is 11.7 Å². The quantitative estimate of drug-likeness (QED) is 0.678. The predicted molar refractivity (Wildman–Crippen MR) is 111 cm³/mol. The molecule has 152 valence electrons. The van der Waals surface area contributed by atoms with Crippen molar-refractivity contribution >= 4 is 23.3 Å². The van der Waals surface area contributed by atoms with Crippen molar-refractivity contribution in [1.29, 1.82) is 0 Å². The SMILES string of the molecule is C[C@@H]1C[C@H]1c1cc(NC(=O)C(=O)N2CCc3cc(F)ccc32)n(-c2ccccc2)n1. The van der Waals surface area contributed by atoms with Gasteiger partial charge in [0, 0.05) is 24.2 Å². The number of para-hydroxylation sites is 1. The summed E-state index contributed by atoms with van der Waals surface area (Å²) in [5, 5.41) is 7.43. The van der Waals surface area contributed by atoms with Gasteiger partial charge in [-0.2, -0.15) is 5.10 Å². The van der Waals surface area contributed by atoms with E-state index in [1.807, 2.05) is 36.4 Å². The van der Waals surface area contributed by atoms with Crippen molar-refractivity contribution in [2.45, 2.75) is 25.7 Å². The van der Waals surface area contributed by atoms with Crippen LogP contribution in [0.2, 0.25) is 0 Å². The molecule has 0 unspecified atom stereocenters. The number of nitrogens with one attached hydrogen (secondary N) is 1. The molecule has 30 heavy (non-hydrogen) atoms. The topological polar surface area (TPSA) is 67.2 Å². The first kappa shape index (κ1) is 18.5. The standard InChI is InChI=1S/C23H21FN4O2/c1-14-11-18(14)19-13-21(28(26-19)17-5-3-2-4-6-17)25-22(29)23(30)27-10-9-15-12-16(24)7-8-20(15)27/h2-8,12-14,18H,9-11H2,1H3,(H,25,29)/t14-,18-/m1/s1. The van der Waals surface area contributed by atoms with E-state index in [2.05, 4.69) is 17.3 Å². The number of nitrogens with zero attached hydrogens (tertiary/aromatic N) is 3. The summed E-state index contributed by atoms with van der Waals surface area (Å²) in [6, 6.07) is 15.6. The Labute approximate surface area is 173 Å². The van der Waals surface area contributed by atoms with Gasteiger partial charge in [0.15, 0.2) is 0 Å². The Morgan fingerprint density at radius 3 is 2.63 bits per heavy atom. The van der Waals surface area contributed by atoms with E-state index in [9.17, 15) is 14.0 Å². The first-order valence-corrected chi connectivity index (χ1v) is 10.1. The second-order valence-corrected chi connectivity index (χ2v) is 7.96. The van der Waals surface area contributed by atoms with Gasteiger partial charge in [0.05, 0.1) is 11.4 Å². The van der Waals surface area contributed by atoms with E-state index in [4.69, 9.17) is 0 Å². The fourth-order valence-electron chi connectivity index (χ4n) is 4.04. The molecule has 2 atom stereocenters. The van der Waals surface area contributed by atoms with E-state index in [1.165, 1.54) is 17.0 Å².